The van der Waals surface area contributed by atoms with Gasteiger partial charge in [0.2, 0.25) is 0 Å². The monoisotopic (exact) mass is 295 g/mol. The molecule has 0 spiro atoms. The van der Waals surface area contributed by atoms with Gasteiger partial charge in [-0.1, -0.05) is 0 Å². The minimum atomic E-state index is -0.679. The fourth-order valence-electron chi connectivity index (χ4n) is 2.12. The SMILES string of the molecule is CCN(CC)C(=O)C(C)Oc1cc(OC)ccc1[C@H](C)O. The van der Waals surface area contributed by atoms with Crippen LogP contribution in [0.1, 0.15) is 39.4 Å². The Morgan fingerprint density at radius 1 is 1.29 bits per heavy atom. The standard InChI is InChI=1S/C16H25NO4/c1-6-17(7-2)16(19)12(4)21-15-10-13(20-5)8-9-14(15)11(3)18/h8-12,18H,6-7H2,1-5H3/t11-,12?/m0/s1. The van der Waals surface area contributed by atoms with E-state index in [2.05, 4.69) is 0 Å². The molecule has 0 aliphatic rings. The molecule has 5 nitrogen and oxygen atoms in total. The van der Waals surface area contributed by atoms with Crippen molar-refractivity contribution in [2.45, 2.75) is 39.9 Å². The molecule has 0 saturated carbocycles. The predicted octanol–water partition coefficient (Wildman–Crippen LogP) is 2.38. The molecule has 1 unspecified atom stereocenters. The van der Waals surface area contributed by atoms with Crippen molar-refractivity contribution in [1.82, 2.24) is 4.90 Å². The molecule has 1 N–H and O–H groups in total. The topological polar surface area (TPSA) is 59.0 Å². The average molecular weight is 295 g/mol. The van der Waals surface area contributed by atoms with Crippen LogP contribution in [0, 0.1) is 0 Å². The number of hydrogen-bond acceptors (Lipinski definition) is 4. The van der Waals surface area contributed by atoms with E-state index in [1.165, 1.54) is 0 Å². The summed E-state index contributed by atoms with van der Waals surface area (Å²) in [5, 5.41) is 9.81. The van der Waals surface area contributed by atoms with Gasteiger partial charge in [-0.3, -0.25) is 4.79 Å². The van der Waals surface area contributed by atoms with Crippen LogP contribution in [0.15, 0.2) is 18.2 Å². The summed E-state index contributed by atoms with van der Waals surface area (Å²) in [7, 11) is 1.56. The van der Waals surface area contributed by atoms with E-state index in [0.717, 1.165) is 0 Å². The molecule has 5 heteroatoms. The van der Waals surface area contributed by atoms with Gasteiger partial charge in [-0.25, -0.2) is 0 Å². The number of benzene rings is 1. The Kier molecular flexibility index (Phi) is 6.49. The molecule has 1 amide bonds. The summed E-state index contributed by atoms with van der Waals surface area (Å²) in [4.78, 5) is 14.0. The van der Waals surface area contributed by atoms with Gasteiger partial charge in [0.1, 0.15) is 11.5 Å². The van der Waals surface area contributed by atoms with Gasteiger partial charge >= 0.3 is 0 Å². The third-order valence-electron chi connectivity index (χ3n) is 3.40. The number of carbonyl (C=O) groups is 1. The highest BCUT2D eigenvalue weighted by molar-refractivity contribution is 5.80. The van der Waals surface area contributed by atoms with Crippen LogP contribution in [0.4, 0.5) is 0 Å². The number of aliphatic hydroxyl groups is 1. The van der Waals surface area contributed by atoms with E-state index in [1.807, 2.05) is 13.8 Å². The molecule has 1 rings (SSSR count). The number of methoxy groups -OCH3 is 1. The summed E-state index contributed by atoms with van der Waals surface area (Å²) in [5.41, 5.74) is 0.634. The van der Waals surface area contributed by atoms with Crippen LogP contribution in [-0.2, 0) is 4.79 Å². The van der Waals surface area contributed by atoms with E-state index in [-0.39, 0.29) is 5.91 Å². The van der Waals surface area contributed by atoms with Crippen LogP contribution < -0.4 is 9.47 Å². The normalized spacial score (nSPS) is 13.4. The minimum Gasteiger partial charge on any atom is -0.497 e. The Hall–Kier alpha value is -1.75. The van der Waals surface area contributed by atoms with E-state index in [4.69, 9.17) is 9.47 Å². The first-order valence-corrected chi connectivity index (χ1v) is 7.25. The summed E-state index contributed by atoms with van der Waals surface area (Å²) >= 11 is 0. The molecular formula is C16H25NO4. The average Bonchev–Trinajstić information content (AvgIpc) is 2.47. The number of hydrogen-bond donors (Lipinski definition) is 1. The van der Waals surface area contributed by atoms with Gasteiger partial charge in [0.15, 0.2) is 6.10 Å². The summed E-state index contributed by atoms with van der Waals surface area (Å²) < 4.78 is 10.9. The third kappa shape index (κ3) is 4.36. The van der Waals surface area contributed by atoms with Crippen molar-refractivity contribution in [2.75, 3.05) is 20.2 Å². The Morgan fingerprint density at radius 3 is 2.38 bits per heavy atom. The lowest BCUT2D eigenvalue weighted by Crippen LogP contribution is -2.40. The third-order valence-corrected chi connectivity index (χ3v) is 3.40. The second-order valence-corrected chi connectivity index (χ2v) is 4.85. The smallest absolute Gasteiger partial charge is 0.263 e. The maximum Gasteiger partial charge on any atom is 0.263 e. The summed E-state index contributed by atoms with van der Waals surface area (Å²) in [5.74, 6) is 1.02. The van der Waals surface area contributed by atoms with E-state index < -0.39 is 12.2 Å². The fourth-order valence-corrected chi connectivity index (χ4v) is 2.12. The van der Waals surface area contributed by atoms with Gasteiger partial charge < -0.3 is 19.5 Å². The van der Waals surface area contributed by atoms with Crippen LogP contribution in [-0.4, -0.2) is 42.2 Å². The molecule has 0 radical (unpaired) electrons. The number of aliphatic hydroxyl groups excluding tert-OH is 1. The van der Waals surface area contributed by atoms with Gasteiger partial charge in [0.25, 0.3) is 5.91 Å². The number of ether oxygens (including phenoxy) is 2. The Morgan fingerprint density at radius 2 is 1.90 bits per heavy atom. The quantitative estimate of drug-likeness (QED) is 0.839. The first-order valence-electron chi connectivity index (χ1n) is 7.25. The molecule has 0 aromatic heterocycles. The number of nitrogens with zero attached hydrogens (tertiary/aromatic N) is 1. The molecule has 0 saturated heterocycles. The first-order chi connectivity index (χ1) is 9.94. The van der Waals surface area contributed by atoms with Crippen molar-refractivity contribution in [3.8, 4) is 11.5 Å². The lowest BCUT2D eigenvalue weighted by atomic mass is 10.1. The molecule has 0 heterocycles. The molecule has 118 valence electrons. The molecule has 1 aromatic rings. The van der Waals surface area contributed by atoms with Crippen LogP contribution >= 0.6 is 0 Å². The molecule has 0 aliphatic carbocycles. The van der Waals surface area contributed by atoms with E-state index in [9.17, 15) is 9.90 Å². The van der Waals surface area contributed by atoms with Gasteiger partial charge in [0, 0.05) is 24.7 Å². The molecule has 2 atom stereocenters. The zero-order valence-corrected chi connectivity index (χ0v) is 13.4. The zero-order valence-electron chi connectivity index (χ0n) is 13.4. The van der Waals surface area contributed by atoms with Crippen molar-refractivity contribution >= 4 is 5.91 Å². The van der Waals surface area contributed by atoms with Crippen LogP contribution in [0.2, 0.25) is 0 Å². The summed E-state index contributed by atoms with van der Waals surface area (Å²) in [6.45, 7) is 8.52. The zero-order chi connectivity index (χ0) is 16.0. The second-order valence-electron chi connectivity index (χ2n) is 4.85. The molecular weight excluding hydrogens is 270 g/mol. The Labute approximate surface area is 126 Å². The first kappa shape index (κ1) is 17.3. The second kappa shape index (κ2) is 7.88. The van der Waals surface area contributed by atoms with E-state index >= 15 is 0 Å². The highest BCUT2D eigenvalue weighted by Crippen LogP contribution is 2.30. The summed E-state index contributed by atoms with van der Waals surface area (Å²) in [6.07, 6.45) is -1.30. The van der Waals surface area contributed by atoms with Crippen LogP contribution in [0.5, 0.6) is 11.5 Å². The van der Waals surface area contributed by atoms with Crippen molar-refractivity contribution in [3.05, 3.63) is 23.8 Å². The number of likely N-dealkylation sites (N-methyl/N-ethyl adjacent to an activating group) is 1. The maximum absolute atomic E-state index is 12.3. The van der Waals surface area contributed by atoms with Crippen molar-refractivity contribution in [1.29, 1.82) is 0 Å². The van der Waals surface area contributed by atoms with E-state index in [1.54, 1.807) is 44.1 Å². The minimum absolute atomic E-state index is 0.0700. The largest absolute Gasteiger partial charge is 0.497 e. The Bertz CT molecular complexity index is 469. The number of rotatable bonds is 7. The predicted molar refractivity (Wildman–Crippen MR) is 81.6 cm³/mol. The van der Waals surface area contributed by atoms with Crippen LogP contribution in [0.3, 0.4) is 0 Å². The lowest BCUT2D eigenvalue weighted by molar-refractivity contribution is -0.137. The number of amides is 1. The van der Waals surface area contributed by atoms with Crippen molar-refractivity contribution < 1.29 is 19.4 Å². The van der Waals surface area contributed by atoms with Gasteiger partial charge in [-0.15, -0.1) is 0 Å². The van der Waals surface area contributed by atoms with Crippen LogP contribution in [0.25, 0.3) is 0 Å². The van der Waals surface area contributed by atoms with Gasteiger partial charge in [0.05, 0.1) is 13.2 Å². The molecule has 0 bridgehead atoms. The highest BCUT2D eigenvalue weighted by Gasteiger charge is 2.22. The molecule has 0 fully saturated rings. The van der Waals surface area contributed by atoms with E-state index in [0.29, 0.717) is 30.2 Å². The van der Waals surface area contributed by atoms with Gasteiger partial charge in [-0.2, -0.15) is 0 Å². The highest BCUT2D eigenvalue weighted by atomic mass is 16.5. The molecule has 1 aromatic carbocycles. The maximum atomic E-state index is 12.3. The lowest BCUT2D eigenvalue weighted by Gasteiger charge is -2.24. The molecule has 21 heavy (non-hydrogen) atoms. The number of carbonyl (C=O) groups excluding carboxylic acids is 1. The van der Waals surface area contributed by atoms with Gasteiger partial charge in [-0.05, 0) is 39.8 Å². The fraction of sp³-hybridized carbons (Fsp3) is 0.562. The van der Waals surface area contributed by atoms with Crippen molar-refractivity contribution in [3.63, 3.8) is 0 Å². The summed E-state index contributed by atoms with van der Waals surface area (Å²) in [6, 6.07) is 5.19. The van der Waals surface area contributed by atoms with Crippen molar-refractivity contribution in [2.24, 2.45) is 0 Å². The Balaban J connectivity index is 2.97. The molecule has 0 aliphatic heterocycles.